The summed E-state index contributed by atoms with van der Waals surface area (Å²) in [7, 11) is -0.405. The predicted octanol–water partition coefficient (Wildman–Crippen LogP) is -0.253. The van der Waals surface area contributed by atoms with Crippen LogP contribution in [0.5, 0.6) is 0 Å². The zero-order valence-corrected chi connectivity index (χ0v) is 4.44. The van der Waals surface area contributed by atoms with Crippen LogP contribution in [0.1, 0.15) is 0 Å². The second-order valence-electron chi connectivity index (χ2n) is 0.636. The lowest BCUT2D eigenvalue weighted by Gasteiger charge is -1.75. The molecule has 42 valence electrons. The van der Waals surface area contributed by atoms with Crippen LogP contribution in [0.15, 0.2) is 0 Å². The van der Waals surface area contributed by atoms with Crippen LogP contribution in [0.4, 0.5) is 0 Å². The van der Waals surface area contributed by atoms with Gasteiger partial charge in [-0.25, -0.2) is 10.1 Å². The lowest BCUT2D eigenvalue weighted by Crippen LogP contribution is -2.02. The van der Waals surface area contributed by atoms with Gasteiger partial charge in [0.2, 0.25) is 0 Å². The minimum absolute atomic E-state index is 1.57. The maximum absolute atomic E-state index is 9.40. The lowest BCUT2D eigenvalue weighted by atomic mass is 13.4. The summed E-state index contributed by atoms with van der Waals surface area (Å²) in [6.45, 7) is 0. The lowest BCUT2D eigenvalue weighted by molar-refractivity contribution is -0.300. The van der Waals surface area contributed by atoms with Crippen LogP contribution in [0, 0.1) is 10.1 Å². The van der Waals surface area contributed by atoms with E-state index in [0.29, 0.717) is 0 Å². The highest BCUT2D eigenvalue weighted by Gasteiger charge is 2.16. The summed E-state index contributed by atoms with van der Waals surface area (Å²) in [4.78, 5) is 9.11. The highest BCUT2D eigenvalue weighted by atomic mass is 35.7. The number of nitrogens with zero attached hydrogens (tertiary/aromatic N) is 1. The van der Waals surface area contributed by atoms with E-state index < -0.39 is 13.6 Å². The number of halogens is 1. The molecule has 7 heteroatoms. The van der Waals surface area contributed by atoms with Crippen molar-refractivity contribution in [3.8, 4) is 0 Å². The summed E-state index contributed by atoms with van der Waals surface area (Å²) < 4.78 is 17.2. The van der Waals surface area contributed by atoms with Gasteiger partial charge in [0, 0.05) is 0 Å². The van der Waals surface area contributed by atoms with Crippen molar-refractivity contribution < 1.29 is 12.7 Å². The Bertz CT molecular complexity index is 166. The summed E-state index contributed by atoms with van der Waals surface area (Å²) >= 11 is 0. The fourth-order valence-corrected chi connectivity index (χ4v) is 0. The maximum atomic E-state index is 9.40. The first-order valence-electron chi connectivity index (χ1n) is 1.04. The van der Waals surface area contributed by atoms with E-state index in [-0.39, 0.29) is 0 Å². The van der Waals surface area contributed by atoms with E-state index >= 15 is 0 Å². The molecule has 0 bridgehead atoms. The van der Waals surface area contributed by atoms with Gasteiger partial charge in [0.05, 0.1) is 10.7 Å². The van der Waals surface area contributed by atoms with Gasteiger partial charge in [0.15, 0.2) is 4.33 Å². The third kappa shape index (κ3) is 2.35. The third-order valence-corrected chi connectivity index (χ3v) is 0.872. The zero-order chi connectivity index (χ0) is 6.08. The van der Waals surface area contributed by atoms with E-state index in [0.717, 1.165) is 0 Å². The molecule has 0 aliphatic carbocycles. The van der Waals surface area contributed by atoms with Crippen LogP contribution < -0.4 is 0 Å². The Labute approximate surface area is 43.6 Å². The van der Waals surface area contributed by atoms with Crippen molar-refractivity contribution in [3.63, 3.8) is 0 Å². The Morgan fingerprint density at radius 2 is 1.71 bits per heavy atom. The van der Waals surface area contributed by atoms with Crippen LogP contribution in [0.3, 0.4) is 0 Å². The van der Waals surface area contributed by atoms with Crippen molar-refractivity contribution in [2.24, 2.45) is 0 Å². The fourth-order valence-electron chi connectivity index (χ4n) is 0. The highest BCUT2D eigenvalue weighted by molar-refractivity contribution is 8.08. The molecule has 0 aromatic rings. The third-order valence-electron chi connectivity index (χ3n) is 0.178. The molecule has 0 atom stereocenters. The highest BCUT2D eigenvalue weighted by Crippen LogP contribution is 1.93. The van der Waals surface area contributed by atoms with Gasteiger partial charge in [-0.1, -0.05) is 0 Å². The molecule has 0 aliphatic heterocycles. The first kappa shape index (κ1) is 6.64. The van der Waals surface area contributed by atoms with Gasteiger partial charge in [-0.05, 0) is 0 Å². The topological polar surface area (TPSA) is 77.3 Å². The van der Waals surface area contributed by atoms with E-state index in [9.17, 15) is 8.42 Å². The maximum Gasteiger partial charge on any atom is 0.513 e. The second-order valence-corrected chi connectivity index (χ2v) is 2.93. The fraction of sp³-hybridized carbons (Fsp3) is 0. The standard InChI is InChI=1S/ClNO4S/c1-7(5,6)2(3)4. The number of rotatable bonds is 1. The molecular weight excluding hydrogens is 146 g/mol. The van der Waals surface area contributed by atoms with Gasteiger partial charge in [0.1, 0.15) is 0 Å². The monoisotopic (exact) mass is 145 g/mol. The van der Waals surface area contributed by atoms with Crippen LogP contribution in [-0.4, -0.2) is 12.7 Å². The summed E-state index contributed by atoms with van der Waals surface area (Å²) in [6.07, 6.45) is 0. The Morgan fingerprint density at radius 3 is 1.71 bits per heavy atom. The summed E-state index contributed by atoms with van der Waals surface area (Å²) in [5, 5.41) is 9.11. The largest absolute Gasteiger partial charge is 0.513 e. The Hall–Kier alpha value is -0.360. The summed E-state index contributed by atoms with van der Waals surface area (Å²) in [5.74, 6) is 0. The van der Waals surface area contributed by atoms with Crippen molar-refractivity contribution in [3.05, 3.63) is 10.1 Å². The molecule has 0 rings (SSSR count). The Morgan fingerprint density at radius 1 is 1.57 bits per heavy atom. The van der Waals surface area contributed by atoms with Crippen molar-refractivity contribution in [1.29, 1.82) is 0 Å². The molecule has 0 radical (unpaired) electrons. The average Bonchev–Trinajstić information content (AvgIpc) is 1.31. The van der Waals surface area contributed by atoms with E-state index in [1.54, 1.807) is 0 Å². The smallest absolute Gasteiger partial charge is 0.246 e. The van der Waals surface area contributed by atoms with E-state index in [4.69, 9.17) is 10.1 Å². The molecular formula is ClNO4S. The quantitative estimate of drug-likeness (QED) is 0.290. The van der Waals surface area contributed by atoms with Crippen molar-refractivity contribution >= 4 is 19.9 Å². The molecule has 0 unspecified atom stereocenters. The van der Waals surface area contributed by atoms with Crippen LogP contribution in [0.25, 0.3) is 0 Å². The molecule has 0 amide bonds. The molecule has 7 heavy (non-hydrogen) atoms. The van der Waals surface area contributed by atoms with Crippen LogP contribution in [0.2, 0.25) is 0 Å². The Balaban J connectivity index is 4.43. The minimum atomic E-state index is -4.55. The second kappa shape index (κ2) is 1.63. The number of nitro groups is 1. The minimum Gasteiger partial charge on any atom is -0.246 e. The van der Waals surface area contributed by atoms with E-state index in [2.05, 4.69) is 10.7 Å². The molecule has 0 spiro atoms. The summed E-state index contributed by atoms with van der Waals surface area (Å²) in [5.41, 5.74) is 0. The predicted molar refractivity (Wildman–Crippen MR) is 21.8 cm³/mol. The van der Waals surface area contributed by atoms with Crippen molar-refractivity contribution in [2.45, 2.75) is 0 Å². The number of hydrogen-bond acceptors (Lipinski definition) is 4. The molecule has 5 nitrogen and oxygen atoms in total. The van der Waals surface area contributed by atoms with Crippen LogP contribution in [-0.2, 0) is 9.24 Å². The number of hydrogen-bond donors (Lipinski definition) is 0. The molecule has 0 fully saturated rings. The molecule has 0 aliphatic rings. The van der Waals surface area contributed by atoms with Gasteiger partial charge >= 0.3 is 9.24 Å². The molecule has 0 heterocycles. The van der Waals surface area contributed by atoms with Crippen molar-refractivity contribution in [1.82, 2.24) is 0 Å². The zero-order valence-electron chi connectivity index (χ0n) is 2.87. The normalized spacial score (nSPS) is 11.0. The molecule has 0 saturated carbocycles. The first-order valence-corrected chi connectivity index (χ1v) is 3.30. The molecule has 0 aromatic heterocycles. The van der Waals surface area contributed by atoms with Gasteiger partial charge in [-0.2, -0.15) is 0 Å². The summed E-state index contributed by atoms with van der Waals surface area (Å²) in [6, 6.07) is 0. The Kier molecular flexibility index (Phi) is 1.54. The SMILES string of the molecule is O=[N+]([O-])S(=O)(=O)Cl. The first-order chi connectivity index (χ1) is 2.94. The van der Waals surface area contributed by atoms with E-state index in [1.165, 1.54) is 0 Å². The molecule has 0 N–H and O–H groups in total. The average molecular weight is 146 g/mol. The van der Waals surface area contributed by atoms with Crippen LogP contribution >= 0.6 is 10.7 Å². The van der Waals surface area contributed by atoms with E-state index in [1.807, 2.05) is 0 Å². The van der Waals surface area contributed by atoms with Gasteiger partial charge in [0.25, 0.3) is 0 Å². The van der Waals surface area contributed by atoms with Gasteiger partial charge in [-0.3, -0.25) is 0 Å². The van der Waals surface area contributed by atoms with Gasteiger partial charge in [-0.15, -0.1) is 8.42 Å². The molecule has 0 saturated heterocycles. The van der Waals surface area contributed by atoms with Gasteiger partial charge < -0.3 is 0 Å². The molecule has 0 aromatic carbocycles. The van der Waals surface area contributed by atoms with Crippen molar-refractivity contribution in [2.75, 3.05) is 0 Å².